The Hall–Kier alpha value is -0.560. The summed E-state index contributed by atoms with van der Waals surface area (Å²) in [5, 5.41) is 5.18. The highest BCUT2D eigenvalue weighted by molar-refractivity contribution is 8.06. The summed E-state index contributed by atoms with van der Waals surface area (Å²) in [4.78, 5) is 4.43. The van der Waals surface area contributed by atoms with Crippen LogP contribution in [0.1, 0.15) is 11.1 Å². The second-order valence-corrected chi connectivity index (χ2v) is 7.48. The minimum absolute atomic E-state index is 0.255. The summed E-state index contributed by atoms with van der Waals surface area (Å²) < 4.78 is 5.31. The molecule has 0 aliphatic carbocycles. The number of aromatic nitrogens is 2. The Morgan fingerprint density at radius 2 is 2.05 bits per heavy atom. The summed E-state index contributed by atoms with van der Waals surface area (Å²) in [6.07, 6.45) is 0. The van der Waals surface area contributed by atoms with E-state index in [-0.39, 0.29) is 5.25 Å². The van der Waals surface area contributed by atoms with E-state index in [9.17, 15) is 0 Å². The molecule has 1 aliphatic rings. The number of nitrogens with two attached hydrogens (primary N) is 1. The van der Waals surface area contributed by atoms with E-state index in [1.54, 1.807) is 12.1 Å². The first-order chi connectivity index (χ1) is 9.66. The first kappa shape index (κ1) is 14.4. The van der Waals surface area contributed by atoms with E-state index in [1.165, 1.54) is 5.75 Å². The van der Waals surface area contributed by atoms with Crippen molar-refractivity contribution >= 4 is 52.4 Å². The molecule has 1 aromatic carbocycles. The molecule has 20 heavy (non-hydrogen) atoms. The van der Waals surface area contributed by atoms with Crippen LogP contribution in [0.2, 0.25) is 10.0 Å². The molecule has 1 unspecified atom stereocenters. The summed E-state index contributed by atoms with van der Waals surface area (Å²) in [6.45, 7) is 0. The van der Waals surface area contributed by atoms with E-state index in [4.69, 9.17) is 33.5 Å². The van der Waals surface area contributed by atoms with Gasteiger partial charge in [-0.05, 0) is 12.1 Å². The van der Waals surface area contributed by atoms with Crippen LogP contribution >= 0.6 is 46.7 Å². The number of benzene rings is 1. The van der Waals surface area contributed by atoms with Gasteiger partial charge in [-0.1, -0.05) is 28.4 Å². The lowest BCUT2D eigenvalue weighted by Crippen LogP contribution is -2.07. The first-order valence-corrected chi connectivity index (χ1v) is 8.89. The van der Waals surface area contributed by atoms with Gasteiger partial charge in [0.25, 0.3) is 5.89 Å². The van der Waals surface area contributed by atoms with E-state index >= 15 is 0 Å². The topological polar surface area (TPSA) is 64.9 Å². The monoisotopic (exact) mass is 347 g/mol. The molecule has 0 amide bonds. The van der Waals surface area contributed by atoms with Gasteiger partial charge in [-0.25, -0.2) is 0 Å². The van der Waals surface area contributed by atoms with E-state index in [2.05, 4.69) is 10.1 Å². The van der Waals surface area contributed by atoms with Crippen molar-refractivity contribution in [1.29, 1.82) is 0 Å². The van der Waals surface area contributed by atoms with Crippen LogP contribution in [0.3, 0.4) is 0 Å². The minimum Gasteiger partial charge on any atom is -0.397 e. The standard InChI is InChI=1S/C12H11Cl2N3OS2/c13-6-1-2-7(14)10(15)9(6)12-16-11(17-18-12)8-5-19-3-4-20-8/h1-2,8H,3-5,15H2. The minimum atomic E-state index is 0.255. The number of anilines is 1. The summed E-state index contributed by atoms with van der Waals surface area (Å²) in [6, 6.07) is 3.32. The zero-order valence-corrected chi connectivity index (χ0v) is 13.5. The predicted molar refractivity (Wildman–Crippen MR) is 86.7 cm³/mol. The molecule has 3 rings (SSSR count). The highest BCUT2D eigenvalue weighted by Gasteiger charge is 2.24. The van der Waals surface area contributed by atoms with Crippen molar-refractivity contribution in [3.63, 3.8) is 0 Å². The highest BCUT2D eigenvalue weighted by atomic mass is 35.5. The van der Waals surface area contributed by atoms with Crippen molar-refractivity contribution in [3.05, 3.63) is 28.0 Å². The van der Waals surface area contributed by atoms with Gasteiger partial charge in [0.05, 0.1) is 26.5 Å². The number of thioether (sulfide) groups is 2. The van der Waals surface area contributed by atoms with Crippen molar-refractivity contribution in [3.8, 4) is 11.5 Å². The van der Waals surface area contributed by atoms with E-state index < -0.39 is 0 Å². The lowest BCUT2D eigenvalue weighted by atomic mass is 10.2. The van der Waals surface area contributed by atoms with Gasteiger partial charge in [0.15, 0.2) is 5.82 Å². The Morgan fingerprint density at radius 1 is 1.25 bits per heavy atom. The van der Waals surface area contributed by atoms with Gasteiger partial charge in [-0.15, -0.1) is 11.8 Å². The molecular formula is C12H11Cl2N3OS2. The lowest BCUT2D eigenvalue weighted by Gasteiger charge is -2.17. The van der Waals surface area contributed by atoms with Gasteiger partial charge in [0.2, 0.25) is 0 Å². The Balaban J connectivity index is 1.96. The fourth-order valence-corrected chi connectivity index (χ4v) is 4.88. The molecule has 0 saturated carbocycles. The molecule has 1 aromatic heterocycles. The molecule has 0 radical (unpaired) electrons. The molecule has 106 valence electrons. The number of halogens is 2. The zero-order valence-electron chi connectivity index (χ0n) is 10.3. The van der Waals surface area contributed by atoms with Crippen LogP contribution in [0.15, 0.2) is 16.7 Å². The van der Waals surface area contributed by atoms with Gasteiger partial charge in [0.1, 0.15) is 0 Å². The molecule has 4 nitrogen and oxygen atoms in total. The van der Waals surface area contributed by atoms with Gasteiger partial charge in [-0.3, -0.25) is 0 Å². The molecule has 0 spiro atoms. The highest BCUT2D eigenvalue weighted by Crippen LogP contribution is 2.39. The number of hydrogen-bond acceptors (Lipinski definition) is 6. The Labute approximate surface area is 134 Å². The van der Waals surface area contributed by atoms with E-state index in [1.807, 2.05) is 23.5 Å². The van der Waals surface area contributed by atoms with Crippen LogP contribution in [-0.2, 0) is 0 Å². The third kappa shape index (κ3) is 2.74. The lowest BCUT2D eigenvalue weighted by molar-refractivity contribution is 0.423. The SMILES string of the molecule is Nc1c(Cl)ccc(Cl)c1-c1nc(C2CSCCS2)no1. The smallest absolute Gasteiger partial charge is 0.261 e. The quantitative estimate of drug-likeness (QED) is 0.823. The normalized spacial score (nSPS) is 19.2. The summed E-state index contributed by atoms with van der Waals surface area (Å²) in [5.74, 6) is 4.26. The molecule has 1 saturated heterocycles. The average Bonchev–Trinajstić information content (AvgIpc) is 2.94. The summed E-state index contributed by atoms with van der Waals surface area (Å²) >= 11 is 15.9. The molecule has 2 heterocycles. The number of nitrogen functional groups attached to an aromatic ring is 1. The van der Waals surface area contributed by atoms with Gasteiger partial charge in [-0.2, -0.15) is 16.7 Å². The average molecular weight is 348 g/mol. The third-order valence-electron chi connectivity index (χ3n) is 2.90. The van der Waals surface area contributed by atoms with Gasteiger partial charge >= 0.3 is 0 Å². The largest absolute Gasteiger partial charge is 0.397 e. The fourth-order valence-electron chi connectivity index (χ4n) is 1.89. The van der Waals surface area contributed by atoms with Gasteiger partial charge < -0.3 is 10.3 Å². The van der Waals surface area contributed by atoms with Crippen molar-refractivity contribution < 1.29 is 4.52 Å². The van der Waals surface area contributed by atoms with E-state index in [0.29, 0.717) is 33.0 Å². The van der Waals surface area contributed by atoms with Crippen molar-refractivity contribution in [2.75, 3.05) is 23.0 Å². The molecule has 2 N–H and O–H groups in total. The second-order valence-electron chi connectivity index (χ2n) is 4.21. The van der Waals surface area contributed by atoms with Crippen molar-refractivity contribution in [2.45, 2.75) is 5.25 Å². The van der Waals surface area contributed by atoms with Gasteiger partial charge in [0, 0.05) is 17.3 Å². The zero-order chi connectivity index (χ0) is 14.1. The Kier molecular flexibility index (Phi) is 4.35. The van der Waals surface area contributed by atoms with Crippen LogP contribution in [0.4, 0.5) is 5.69 Å². The van der Waals surface area contributed by atoms with Crippen LogP contribution < -0.4 is 5.73 Å². The number of hydrogen-bond donors (Lipinski definition) is 1. The summed E-state index contributed by atoms with van der Waals surface area (Å²) in [7, 11) is 0. The molecule has 0 bridgehead atoms. The molecule has 1 aliphatic heterocycles. The van der Waals surface area contributed by atoms with Crippen molar-refractivity contribution in [1.82, 2.24) is 10.1 Å². The molecular weight excluding hydrogens is 337 g/mol. The second kappa shape index (κ2) is 6.05. The van der Waals surface area contributed by atoms with Crippen LogP contribution in [0, 0.1) is 0 Å². The van der Waals surface area contributed by atoms with Crippen LogP contribution in [0.5, 0.6) is 0 Å². The Morgan fingerprint density at radius 3 is 2.80 bits per heavy atom. The number of rotatable bonds is 2. The maximum absolute atomic E-state index is 6.16. The van der Waals surface area contributed by atoms with Crippen LogP contribution in [0.25, 0.3) is 11.5 Å². The summed E-state index contributed by atoms with van der Waals surface area (Å²) in [5.41, 5.74) is 6.82. The van der Waals surface area contributed by atoms with Crippen molar-refractivity contribution in [2.24, 2.45) is 0 Å². The fraction of sp³-hybridized carbons (Fsp3) is 0.333. The van der Waals surface area contributed by atoms with Crippen LogP contribution in [-0.4, -0.2) is 27.4 Å². The maximum Gasteiger partial charge on any atom is 0.261 e. The number of nitrogens with zero attached hydrogens (tertiary/aromatic N) is 2. The van der Waals surface area contributed by atoms with E-state index in [0.717, 1.165) is 11.5 Å². The molecule has 2 aromatic rings. The maximum atomic E-state index is 6.16. The molecule has 1 atom stereocenters. The molecule has 8 heteroatoms. The molecule has 1 fully saturated rings. The predicted octanol–water partition coefficient (Wildman–Crippen LogP) is 4.15. The third-order valence-corrected chi connectivity index (χ3v) is 6.30. The first-order valence-electron chi connectivity index (χ1n) is 5.93. The Bertz CT molecular complexity index is 629.